The molecule has 1 aliphatic carbocycles. The number of thioether (sulfide) groups is 1. The Hall–Kier alpha value is -1.56. The van der Waals surface area contributed by atoms with Crippen LogP contribution < -0.4 is 11.3 Å². The summed E-state index contributed by atoms with van der Waals surface area (Å²) in [6.45, 7) is 0.737. The Morgan fingerprint density at radius 3 is 3.00 bits per heavy atom. The molecular formula is C12H14N4OS. The van der Waals surface area contributed by atoms with Gasteiger partial charge in [-0.05, 0) is 25.0 Å². The molecule has 3 rings (SSSR count). The van der Waals surface area contributed by atoms with Crippen LogP contribution in [0.5, 0.6) is 0 Å². The lowest BCUT2D eigenvalue weighted by Crippen LogP contribution is -2.22. The van der Waals surface area contributed by atoms with Gasteiger partial charge in [-0.3, -0.25) is 9.36 Å². The van der Waals surface area contributed by atoms with Crippen LogP contribution in [0.15, 0.2) is 22.2 Å². The summed E-state index contributed by atoms with van der Waals surface area (Å²) in [5, 5.41) is 1.42. The highest BCUT2D eigenvalue weighted by Gasteiger charge is 2.23. The van der Waals surface area contributed by atoms with Gasteiger partial charge in [-0.1, -0.05) is 11.8 Å². The van der Waals surface area contributed by atoms with Crippen molar-refractivity contribution in [3.05, 3.63) is 22.6 Å². The quantitative estimate of drug-likeness (QED) is 0.670. The Bertz CT molecular complexity index is 663. The van der Waals surface area contributed by atoms with Gasteiger partial charge in [0.1, 0.15) is 5.65 Å². The maximum atomic E-state index is 12.0. The van der Waals surface area contributed by atoms with Crippen molar-refractivity contribution in [2.24, 2.45) is 5.92 Å². The minimum absolute atomic E-state index is 0.0716. The summed E-state index contributed by atoms with van der Waals surface area (Å²) >= 11 is 1.46. The number of rotatable bonds is 3. The molecule has 0 radical (unpaired) electrons. The first-order chi connectivity index (χ1) is 8.69. The molecule has 2 aromatic heterocycles. The molecule has 2 heterocycles. The van der Waals surface area contributed by atoms with Crippen LogP contribution in [0.4, 0.5) is 5.69 Å². The fourth-order valence-corrected chi connectivity index (χ4v) is 2.33. The highest BCUT2D eigenvalue weighted by atomic mass is 32.2. The van der Waals surface area contributed by atoms with Crippen molar-refractivity contribution >= 4 is 28.5 Å². The first-order valence-corrected chi connectivity index (χ1v) is 7.11. The van der Waals surface area contributed by atoms with Crippen molar-refractivity contribution in [2.45, 2.75) is 24.5 Å². The molecule has 5 nitrogen and oxygen atoms in total. The van der Waals surface area contributed by atoms with Crippen molar-refractivity contribution in [1.29, 1.82) is 0 Å². The molecule has 0 bridgehead atoms. The highest BCUT2D eigenvalue weighted by Crippen LogP contribution is 2.31. The predicted octanol–water partition coefficient (Wildman–Crippen LogP) is 1.51. The van der Waals surface area contributed by atoms with Crippen molar-refractivity contribution < 1.29 is 0 Å². The molecule has 6 heteroatoms. The van der Waals surface area contributed by atoms with E-state index in [2.05, 4.69) is 9.97 Å². The van der Waals surface area contributed by atoms with Gasteiger partial charge in [0.15, 0.2) is 5.16 Å². The summed E-state index contributed by atoms with van der Waals surface area (Å²) < 4.78 is 1.73. The third-order valence-electron chi connectivity index (χ3n) is 3.18. The van der Waals surface area contributed by atoms with E-state index in [9.17, 15) is 4.79 Å². The molecule has 0 saturated heterocycles. The smallest absolute Gasteiger partial charge is 0.254 e. The zero-order valence-electron chi connectivity index (χ0n) is 10.1. The Morgan fingerprint density at radius 2 is 2.33 bits per heavy atom. The Morgan fingerprint density at radius 1 is 1.56 bits per heavy atom. The number of anilines is 1. The Balaban J connectivity index is 2.26. The van der Waals surface area contributed by atoms with Gasteiger partial charge in [-0.2, -0.15) is 0 Å². The van der Waals surface area contributed by atoms with Gasteiger partial charge < -0.3 is 5.73 Å². The number of hydrogen-bond donors (Lipinski definition) is 1. The van der Waals surface area contributed by atoms with E-state index >= 15 is 0 Å². The summed E-state index contributed by atoms with van der Waals surface area (Å²) in [5.74, 6) is 0.613. The highest BCUT2D eigenvalue weighted by molar-refractivity contribution is 7.98. The molecule has 18 heavy (non-hydrogen) atoms. The number of pyridine rings is 1. The molecule has 0 spiro atoms. The van der Waals surface area contributed by atoms with Crippen LogP contribution in [-0.2, 0) is 6.54 Å². The lowest BCUT2D eigenvalue weighted by molar-refractivity contribution is 0.619. The first-order valence-electron chi connectivity index (χ1n) is 5.89. The van der Waals surface area contributed by atoms with E-state index in [1.165, 1.54) is 30.7 Å². The average molecular weight is 262 g/mol. The molecule has 0 atom stereocenters. The van der Waals surface area contributed by atoms with Crippen molar-refractivity contribution in [1.82, 2.24) is 14.5 Å². The fraction of sp³-hybridized carbons (Fsp3) is 0.417. The fourth-order valence-electron chi connectivity index (χ4n) is 1.99. The molecule has 94 valence electrons. The molecule has 2 aromatic rings. The monoisotopic (exact) mass is 262 g/mol. The van der Waals surface area contributed by atoms with Crippen LogP contribution in [0.25, 0.3) is 11.0 Å². The van der Waals surface area contributed by atoms with Crippen LogP contribution in [0.1, 0.15) is 12.8 Å². The van der Waals surface area contributed by atoms with Crippen molar-refractivity contribution in [3.63, 3.8) is 0 Å². The second-order valence-corrected chi connectivity index (χ2v) is 5.36. The largest absolute Gasteiger partial charge is 0.398 e. The lowest BCUT2D eigenvalue weighted by Gasteiger charge is -2.10. The number of nitrogens with zero attached hydrogens (tertiary/aromatic N) is 3. The van der Waals surface area contributed by atoms with Crippen LogP contribution in [0.3, 0.4) is 0 Å². The maximum absolute atomic E-state index is 12.0. The van der Waals surface area contributed by atoms with Gasteiger partial charge >= 0.3 is 0 Å². The lowest BCUT2D eigenvalue weighted by atomic mass is 10.2. The first kappa shape index (κ1) is 11.5. The van der Waals surface area contributed by atoms with Crippen LogP contribution in [-0.4, -0.2) is 20.8 Å². The van der Waals surface area contributed by atoms with Gasteiger partial charge in [0.05, 0.1) is 5.39 Å². The van der Waals surface area contributed by atoms with Crippen molar-refractivity contribution in [2.75, 3.05) is 12.0 Å². The van der Waals surface area contributed by atoms with E-state index in [1.807, 2.05) is 6.26 Å². The summed E-state index contributed by atoms with van der Waals surface area (Å²) in [6.07, 6.45) is 6.00. The standard InChI is InChI=1S/C12H14N4OS/c1-18-12-14-5-8-9(13)4-10(17)16(11(8)15-12)6-7-2-3-7/h4-5,7H,2-3,6,13H2,1H3. The molecule has 1 aliphatic rings. The van der Waals surface area contributed by atoms with Crippen LogP contribution in [0, 0.1) is 5.92 Å². The number of hydrogen-bond acceptors (Lipinski definition) is 5. The number of nitrogen functional groups attached to an aromatic ring is 1. The zero-order chi connectivity index (χ0) is 12.7. The van der Waals surface area contributed by atoms with Gasteiger partial charge in [0.25, 0.3) is 5.56 Å². The third-order valence-corrected chi connectivity index (χ3v) is 3.74. The normalized spacial score (nSPS) is 15.2. The Kier molecular flexibility index (Phi) is 2.74. The van der Waals surface area contributed by atoms with Crippen molar-refractivity contribution in [3.8, 4) is 0 Å². The minimum atomic E-state index is -0.0716. The minimum Gasteiger partial charge on any atom is -0.398 e. The predicted molar refractivity (Wildman–Crippen MR) is 72.7 cm³/mol. The molecule has 0 aromatic carbocycles. The van der Waals surface area contributed by atoms with E-state index in [0.717, 1.165) is 11.9 Å². The summed E-state index contributed by atoms with van der Waals surface area (Å²) in [5.41, 5.74) is 6.90. The zero-order valence-corrected chi connectivity index (χ0v) is 10.9. The molecule has 1 fully saturated rings. The van der Waals surface area contributed by atoms with Gasteiger partial charge in [-0.25, -0.2) is 9.97 Å². The third kappa shape index (κ3) is 1.96. The van der Waals surface area contributed by atoms with Crippen LogP contribution >= 0.6 is 11.8 Å². The van der Waals surface area contributed by atoms with E-state index in [1.54, 1.807) is 10.8 Å². The van der Waals surface area contributed by atoms with Crippen LogP contribution in [0.2, 0.25) is 0 Å². The number of nitrogens with two attached hydrogens (primary N) is 1. The van der Waals surface area contributed by atoms with E-state index < -0.39 is 0 Å². The average Bonchev–Trinajstić information content (AvgIpc) is 3.17. The topological polar surface area (TPSA) is 73.8 Å². The Labute approximate surface area is 108 Å². The van der Waals surface area contributed by atoms with Gasteiger partial charge in [0.2, 0.25) is 0 Å². The van der Waals surface area contributed by atoms with E-state index in [-0.39, 0.29) is 5.56 Å². The molecule has 0 amide bonds. The second kappa shape index (κ2) is 4.28. The number of aromatic nitrogens is 3. The molecule has 0 aliphatic heterocycles. The SMILES string of the molecule is CSc1ncc2c(N)cc(=O)n(CC3CC3)c2n1. The number of fused-ring (bicyclic) bond motifs is 1. The summed E-state index contributed by atoms with van der Waals surface area (Å²) in [7, 11) is 0. The molecule has 2 N–H and O–H groups in total. The molecule has 0 unspecified atom stereocenters. The maximum Gasteiger partial charge on any atom is 0.254 e. The molecule has 1 saturated carbocycles. The summed E-state index contributed by atoms with van der Waals surface area (Å²) in [4.78, 5) is 20.7. The second-order valence-electron chi connectivity index (χ2n) is 4.59. The summed E-state index contributed by atoms with van der Waals surface area (Å²) in [6, 6.07) is 1.47. The van der Waals surface area contributed by atoms with Gasteiger partial charge in [-0.15, -0.1) is 0 Å². The van der Waals surface area contributed by atoms with E-state index in [4.69, 9.17) is 5.73 Å². The van der Waals surface area contributed by atoms with E-state index in [0.29, 0.717) is 22.4 Å². The molecular weight excluding hydrogens is 248 g/mol. The van der Waals surface area contributed by atoms with Gasteiger partial charge in [0, 0.05) is 24.5 Å².